The maximum atomic E-state index is 12.8. The first-order valence-electron chi connectivity index (χ1n) is 6.94. The van der Waals surface area contributed by atoms with Crippen LogP contribution in [0, 0.1) is 0 Å². The summed E-state index contributed by atoms with van der Waals surface area (Å²) in [6.45, 7) is 1.06. The van der Waals surface area contributed by atoms with Gasteiger partial charge in [0.1, 0.15) is 5.54 Å². The van der Waals surface area contributed by atoms with Crippen molar-refractivity contribution in [1.82, 2.24) is 9.62 Å². The van der Waals surface area contributed by atoms with Gasteiger partial charge in [-0.15, -0.1) is 0 Å². The normalized spacial score (nSPS) is 27.7. The van der Waals surface area contributed by atoms with Gasteiger partial charge < -0.3 is 5.32 Å². The molecule has 0 bridgehead atoms. The molecule has 108 valence electrons. The number of carbonyl (C=O) groups is 1. The fourth-order valence-corrected chi connectivity index (χ4v) is 5.11. The van der Waals surface area contributed by atoms with Crippen LogP contribution in [0.5, 0.6) is 0 Å². The molecule has 1 aromatic carbocycles. The molecule has 1 spiro atoms. The fraction of sp³-hybridized carbons (Fsp3) is 0.500. The molecule has 1 amide bonds. The van der Waals surface area contributed by atoms with E-state index in [0.717, 1.165) is 12.8 Å². The minimum Gasteiger partial charge on any atom is -0.354 e. The van der Waals surface area contributed by atoms with Crippen LogP contribution in [-0.4, -0.2) is 37.3 Å². The van der Waals surface area contributed by atoms with Crippen molar-refractivity contribution in [1.29, 1.82) is 0 Å². The highest BCUT2D eigenvalue weighted by molar-refractivity contribution is 7.89. The average Bonchev–Trinajstić information content (AvgIpc) is 2.89. The van der Waals surface area contributed by atoms with E-state index in [1.807, 2.05) is 0 Å². The number of hydrogen-bond donors (Lipinski definition) is 1. The molecule has 6 heteroatoms. The molecule has 0 saturated carbocycles. The third kappa shape index (κ3) is 1.94. The Labute approximate surface area is 119 Å². The van der Waals surface area contributed by atoms with E-state index in [4.69, 9.17) is 0 Å². The third-order valence-electron chi connectivity index (χ3n) is 4.24. The van der Waals surface area contributed by atoms with Crippen LogP contribution in [0.4, 0.5) is 0 Å². The van der Waals surface area contributed by atoms with Crippen molar-refractivity contribution in [2.24, 2.45) is 0 Å². The van der Waals surface area contributed by atoms with Gasteiger partial charge in [-0.3, -0.25) is 4.79 Å². The highest BCUT2D eigenvalue weighted by Gasteiger charge is 2.53. The number of hydrogen-bond acceptors (Lipinski definition) is 3. The van der Waals surface area contributed by atoms with Crippen LogP contribution in [0.2, 0.25) is 0 Å². The van der Waals surface area contributed by atoms with Crippen molar-refractivity contribution >= 4 is 15.9 Å². The van der Waals surface area contributed by atoms with Gasteiger partial charge in [0.25, 0.3) is 0 Å². The molecule has 1 unspecified atom stereocenters. The first kappa shape index (κ1) is 13.6. The first-order chi connectivity index (χ1) is 9.57. The molecule has 0 radical (unpaired) electrons. The topological polar surface area (TPSA) is 66.5 Å². The lowest BCUT2D eigenvalue weighted by Crippen LogP contribution is -2.60. The monoisotopic (exact) mass is 294 g/mol. The predicted molar refractivity (Wildman–Crippen MR) is 74.5 cm³/mol. The summed E-state index contributed by atoms with van der Waals surface area (Å²) in [7, 11) is -3.61. The minimum absolute atomic E-state index is 0.138. The number of nitrogens with one attached hydrogen (secondary N) is 1. The van der Waals surface area contributed by atoms with Crippen molar-refractivity contribution < 1.29 is 13.2 Å². The second-order valence-electron chi connectivity index (χ2n) is 5.38. The van der Waals surface area contributed by atoms with E-state index in [9.17, 15) is 13.2 Å². The molecular formula is C14H18N2O3S. The summed E-state index contributed by atoms with van der Waals surface area (Å²) < 4.78 is 27.0. The SMILES string of the molecule is O=C1NCCCC12CCCN2S(=O)(=O)c1ccccc1. The van der Waals surface area contributed by atoms with E-state index in [2.05, 4.69) is 5.32 Å². The predicted octanol–water partition coefficient (Wildman–Crippen LogP) is 1.12. The van der Waals surface area contributed by atoms with E-state index in [1.54, 1.807) is 30.3 Å². The van der Waals surface area contributed by atoms with Gasteiger partial charge in [-0.2, -0.15) is 4.31 Å². The summed E-state index contributed by atoms with van der Waals surface area (Å²) in [5.41, 5.74) is -0.868. The van der Waals surface area contributed by atoms with Gasteiger partial charge in [0.2, 0.25) is 15.9 Å². The van der Waals surface area contributed by atoms with E-state index in [0.29, 0.717) is 25.9 Å². The average molecular weight is 294 g/mol. The Morgan fingerprint density at radius 3 is 2.50 bits per heavy atom. The van der Waals surface area contributed by atoms with Crippen molar-refractivity contribution in [3.63, 3.8) is 0 Å². The van der Waals surface area contributed by atoms with Crippen molar-refractivity contribution in [3.05, 3.63) is 30.3 Å². The van der Waals surface area contributed by atoms with Gasteiger partial charge in [0, 0.05) is 13.1 Å². The van der Waals surface area contributed by atoms with Crippen LogP contribution in [-0.2, 0) is 14.8 Å². The molecule has 1 aromatic rings. The van der Waals surface area contributed by atoms with Crippen molar-refractivity contribution in [3.8, 4) is 0 Å². The summed E-state index contributed by atoms with van der Waals surface area (Å²) in [5, 5.41) is 2.82. The Morgan fingerprint density at radius 1 is 1.10 bits per heavy atom. The van der Waals surface area contributed by atoms with Crippen LogP contribution < -0.4 is 5.32 Å². The van der Waals surface area contributed by atoms with E-state index < -0.39 is 15.6 Å². The Balaban J connectivity index is 2.02. The second-order valence-corrected chi connectivity index (χ2v) is 7.25. The molecule has 2 saturated heterocycles. The Morgan fingerprint density at radius 2 is 1.80 bits per heavy atom. The summed E-state index contributed by atoms with van der Waals surface area (Å²) in [6, 6.07) is 8.36. The van der Waals surface area contributed by atoms with Crippen molar-refractivity contribution in [2.45, 2.75) is 36.1 Å². The Kier molecular flexibility index (Phi) is 3.30. The quantitative estimate of drug-likeness (QED) is 0.889. The number of amides is 1. The number of piperidine rings is 1. The molecule has 5 nitrogen and oxygen atoms in total. The number of benzene rings is 1. The maximum absolute atomic E-state index is 12.8. The van der Waals surface area contributed by atoms with Crippen LogP contribution >= 0.6 is 0 Å². The Bertz CT molecular complexity index is 615. The van der Waals surface area contributed by atoms with E-state index in [-0.39, 0.29) is 10.8 Å². The summed E-state index contributed by atoms with van der Waals surface area (Å²) in [4.78, 5) is 12.6. The number of rotatable bonds is 2. The third-order valence-corrected chi connectivity index (χ3v) is 6.22. The lowest BCUT2D eigenvalue weighted by molar-refractivity contribution is -0.131. The van der Waals surface area contributed by atoms with Gasteiger partial charge in [-0.1, -0.05) is 18.2 Å². The van der Waals surface area contributed by atoms with Crippen molar-refractivity contribution in [2.75, 3.05) is 13.1 Å². The highest BCUT2D eigenvalue weighted by Crippen LogP contribution is 2.39. The smallest absolute Gasteiger partial charge is 0.244 e. The van der Waals surface area contributed by atoms with Gasteiger partial charge in [0.05, 0.1) is 4.90 Å². The molecular weight excluding hydrogens is 276 g/mol. The molecule has 0 aromatic heterocycles. The van der Waals surface area contributed by atoms with E-state index >= 15 is 0 Å². The largest absolute Gasteiger partial charge is 0.354 e. The molecule has 2 aliphatic heterocycles. The second kappa shape index (κ2) is 4.86. The summed E-state index contributed by atoms with van der Waals surface area (Å²) in [6.07, 6.45) is 2.79. The first-order valence-corrected chi connectivity index (χ1v) is 8.38. The zero-order chi connectivity index (χ0) is 14.2. The fourth-order valence-electron chi connectivity index (χ4n) is 3.26. The zero-order valence-electron chi connectivity index (χ0n) is 11.2. The molecule has 2 aliphatic rings. The van der Waals surface area contributed by atoms with Crippen LogP contribution in [0.1, 0.15) is 25.7 Å². The number of sulfonamides is 1. The minimum atomic E-state index is -3.61. The molecule has 3 rings (SSSR count). The van der Waals surface area contributed by atoms with Gasteiger partial charge >= 0.3 is 0 Å². The summed E-state index contributed by atoms with van der Waals surface area (Å²) in [5.74, 6) is -0.138. The van der Waals surface area contributed by atoms with E-state index in [1.165, 1.54) is 4.31 Å². The molecule has 1 N–H and O–H groups in total. The highest BCUT2D eigenvalue weighted by atomic mass is 32.2. The number of nitrogens with zero attached hydrogens (tertiary/aromatic N) is 1. The van der Waals surface area contributed by atoms with Crippen LogP contribution in [0.3, 0.4) is 0 Å². The number of carbonyl (C=O) groups excluding carboxylic acids is 1. The van der Waals surface area contributed by atoms with Crippen LogP contribution in [0.25, 0.3) is 0 Å². The Hall–Kier alpha value is -1.40. The lowest BCUT2D eigenvalue weighted by atomic mass is 9.88. The molecule has 1 atom stereocenters. The molecule has 2 fully saturated rings. The van der Waals surface area contributed by atoms with Gasteiger partial charge in [0.15, 0.2) is 0 Å². The van der Waals surface area contributed by atoms with Gasteiger partial charge in [-0.05, 0) is 37.8 Å². The van der Waals surface area contributed by atoms with Gasteiger partial charge in [-0.25, -0.2) is 8.42 Å². The standard InChI is InChI=1S/C14H18N2O3S/c17-13-14(8-4-10-15-13)9-5-11-16(14)20(18,19)12-6-2-1-3-7-12/h1-3,6-7H,4-5,8-11H2,(H,15,17). The molecule has 2 heterocycles. The van der Waals surface area contributed by atoms with Crippen LogP contribution in [0.15, 0.2) is 35.2 Å². The molecule has 0 aliphatic carbocycles. The lowest BCUT2D eigenvalue weighted by Gasteiger charge is -2.39. The zero-order valence-corrected chi connectivity index (χ0v) is 12.0. The summed E-state index contributed by atoms with van der Waals surface area (Å²) >= 11 is 0. The molecule has 20 heavy (non-hydrogen) atoms. The maximum Gasteiger partial charge on any atom is 0.244 e.